The van der Waals surface area contributed by atoms with E-state index in [2.05, 4.69) is 0 Å². The molecule has 0 bridgehead atoms. The third-order valence-electron chi connectivity index (χ3n) is 3.88. The largest absolute Gasteiger partial charge is 0.481 e. The number of allylic oxidation sites excluding steroid dienone is 1. The summed E-state index contributed by atoms with van der Waals surface area (Å²) in [5.74, 6) is -2.28. The molecule has 1 saturated heterocycles. The van der Waals surface area contributed by atoms with Gasteiger partial charge in [-0.2, -0.15) is 13.2 Å². The van der Waals surface area contributed by atoms with E-state index in [1.807, 2.05) is 0 Å². The van der Waals surface area contributed by atoms with Crippen LogP contribution in [0.25, 0.3) is 5.57 Å². The van der Waals surface area contributed by atoms with Crippen molar-refractivity contribution in [3.63, 3.8) is 0 Å². The lowest BCUT2D eigenvalue weighted by molar-refractivity contribution is -0.144. The van der Waals surface area contributed by atoms with Crippen molar-refractivity contribution in [2.45, 2.75) is 19.0 Å². The van der Waals surface area contributed by atoms with Crippen LogP contribution in [-0.2, 0) is 9.59 Å². The smallest absolute Gasteiger partial charge is 0.417 e. The Kier molecular flexibility index (Phi) is 5.54. The van der Waals surface area contributed by atoms with Gasteiger partial charge in [0.2, 0.25) is 5.91 Å². The van der Waals surface area contributed by atoms with Crippen LogP contribution in [0.5, 0.6) is 0 Å². The Hall–Kier alpha value is -2.02. The molecule has 0 unspecified atom stereocenters. The van der Waals surface area contributed by atoms with Gasteiger partial charge in [-0.05, 0) is 30.5 Å². The molecule has 1 aromatic rings. The lowest BCUT2D eigenvalue weighted by atomic mass is 9.97. The molecule has 2 rings (SSSR count). The number of piperidine rings is 1. The van der Waals surface area contributed by atoms with Crippen LogP contribution in [0.2, 0.25) is 5.02 Å². The number of rotatable bonds is 3. The molecule has 1 aromatic carbocycles. The molecular weight excluding hydrogens is 347 g/mol. The first-order valence-electron chi connectivity index (χ1n) is 7.25. The van der Waals surface area contributed by atoms with E-state index in [-0.39, 0.29) is 31.5 Å². The third kappa shape index (κ3) is 4.50. The predicted octanol–water partition coefficient (Wildman–Crippen LogP) is 3.61. The minimum atomic E-state index is -4.69. The highest BCUT2D eigenvalue weighted by molar-refractivity contribution is 6.30. The van der Waals surface area contributed by atoms with E-state index in [0.717, 1.165) is 0 Å². The Labute approximate surface area is 141 Å². The second-order valence-electron chi connectivity index (χ2n) is 5.50. The van der Waals surface area contributed by atoms with Gasteiger partial charge in [0.25, 0.3) is 0 Å². The van der Waals surface area contributed by atoms with Gasteiger partial charge in [-0.1, -0.05) is 23.7 Å². The molecule has 130 valence electrons. The number of amides is 1. The molecule has 1 aliphatic rings. The summed E-state index contributed by atoms with van der Waals surface area (Å²) >= 11 is 5.67. The highest BCUT2D eigenvalue weighted by Crippen LogP contribution is 2.34. The number of carboxylic acid groups (broad SMARTS) is 1. The molecule has 8 heteroatoms. The van der Waals surface area contributed by atoms with Crippen LogP contribution in [0.1, 0.15) is 18.4 Å². The number of aliphatic carboxylic acids is 1. The quantitative estimate of drug-likeness (QED) is 0.837. The molecule has 0 saturated carbocycles. The maximum atomic E-state index is 13.3. The summed E-state index contributed by atoms with van der Waals surface area (Å²) in [6, 6.07) is 5.04. The van der Waals surface area contributed by atoms with Crippen molar-refractivity contribution in [3.05, 3.63) is 40.9 Å². The highest BCUT2D eigenvalue weighted by atomic mass is 35.5. The van der Waals surface area contributed by atoms with Gasteiger partial charge in [-0.3, -0.25) is 9.59 Å². The zero-order valence-corrected chi connectivity index (χ0v) is 13.3. The molecule has 0 spiro atoms. The zero-order chi connectivity index (χ0) is 17.9. The lowest BCUT2D eigenvalue weighted by Crippen LogP contribution is -2.39. The molecule has 1 fully saturated rings. The molecule has 1 aliphatic heterocycles. The molecule has 24 heavy (non-hydrogen) atoms. The minimum Gasteiger partial charge on any atom is -0.481 e. The number of halogens is 4. The van der Waals surface area contributed by atoms with Crippen LogP contribution in [0, 0.1) is 5.92 Å². The minimum absolute atomic E-state index is 0.123. The van der Waals surface area contributed by atoms with E-state index in [4.69, 9.17) is 16.7 Å². The maximum Gasteiger partial charge on any atom is 0.417 e. The van der Waals surface area contributed by atoms with E-state index >= 15 is 0 Å². The summed E-state index contributed by atoms with van der Waals surface area (Å²) in [6.45, 7) is 0.246. The first-order valence-corrected chi connectivity index (χ1v) is 7.63. The summed E-state index contributed by atoms with van der Waals surface area (Å²) < 4.78 is 39.8. The van der Waals surface area contributed by atoms with Crippen molar-refractivity contribution >= 4 is 29.1 Å². The molecule has 0 atom stereocenters. The van der Waals surface area contributed by atoms with Gasteiger partial charge in [0.05, 0.1) is 11.5 Å². The van der Waals surface area contributed by atoms with E-state index in [0.29, 0.717) is 11.1 Å². The number of benzene rings is 1. The van der Waals surface area contributed by atoms with Crippen molar-refractivity contribution in [1.29, 1.82) is 0 Å². The summed E-state index contributed by atoms with van der Waals surface area (Å²) in [5, 5.41) is 9.21. The fourth-order valence-corrected chi connectivity index (χ4v) is 2.65. The van der Waals surface area contributed by atoms with Gasteiger partial charge in [-0.25, -0.2) is 0 Å². The van der Waals surface area contributed by atoms with Crippen molar-refractivity contribution in [3.8, 4) is 0 Å². The third-order valence-corrected chi connectivity index (χ3v) is 4.14. The van der Waals surface area contributed by atoms with Crippen LogP contribution >= 0.6 is 11.6 Å². The molecule has 0 aliphatic carbocycles. The number of hydrogen-bond acceptors (Lipinski definition) is 2. The fraction of sp³-hybridized carbons (Fsp3) is 0.375. The van der Waals surface area contributed by atoms with Crippen LogP contribution in [0.3, 0.4) is 0 Å². The number of carbonyl (C=O) groups is 2. The Bertz CT molecular complexity index is 648. The standard InChI is InChI=1S/C16H15ClF3NO3/c17-12-3-1-10(2-4-12)13(16(18,19)20)9-14(22)21-7-5-11(6-8-21)15(23)24/h1-4,9,11H,5-8H2,(H,23,24)/b13-9-. The summed E-state index contributed by atoms with van der Waals surface area (Å²) in [6.07, 6.45) is -3.67. The maximum absolute atomic E-state index is 13.3. The average molecular weight is 362 g/mol. The number of alkyl halides is 3. The van der Waals surface area contributed by atoms with Gasteiger partial charge < -0.3 is 10.0 Å². The number of nitrogens with zero attached hydrogens (tertiary/aromatic N) is 1. The molecule has 0 aromatic heterocycles. The Balaban J connectivity index is 2.19. The molecular formula is C16H15ClF3NO3. The van der Waals surface area contributed by atoms with E-state index in [1.165, 1.54) is 29.2 Å². The topological polar surface area (TPSA) is 57.6 Å². The van der Waals surface area contributed by atoms with Crippen molar-refractivity contribution < 1.29 is 27.9 Å². The van der Waals surface area contributed by atoms with Crippen LogP contribution in [0.15, 0.2) is 30.3 Å². The molecule has 1 heterocycles. The molecule has 1 amide bonds. The zero-order valence-electron chi connectivity index (χ0n) is 12.5. The van der Waals surface area contributed by atoms with E-state index < -0.39 is 29.5 Å². The Morgan fingerprint density at radius 1 is 1.17 bits per heavy atom. The van der Waals surface area contributed by atoms with Gasteiger partial charge >= 0.3 is 12.1 Å². The molecule has 1 N–H and O–H groups in total. The van der Waals surface area contributed by atoms with E-state index in [1.54, 1.807) is 0 Å². The number of hydrogen-bond donors (Lipinski definition) is 1. The Morgan fingerprint density at radius 3 is 2.17 bits per heavy atom. The van der Waals surface area contributed by atoms with Crippen molar-refractivity contribution in [2.75, 3.05) is 13.1 Å². The summed E-state index contributed by atoms with van der Waals surface area (Å²) in [4.78, 5) is 24.3. The van der Waals surface area contributed by atoms with Crippen LogP contribution < -0.4 is 0 Å². The number of carboxylic acids is 1. The van der Waals surface area contributed by atoms with Crippen molar-refractivity contribution in [1.82, 2.24) is 4.90 Å². The van der Waals surface area contributed by atoms with Crippen LogP contribution in [0.4, 0.5) is 13.2 Å². The molecule has 4 nitrogen and oxygen atoms in total. The lowest BCUT2D eigenvalue weighted by Gasteiger charge is -2.29. The molecule has 0 radical (unpaired) electrons. The fourth-order valence-electron chi connectivity index (χ4n) is 2.52. The number of likely N-dealkylation sites (tertiary alicyclic amines) is 1. The SMILES string of the molecule is O=C(O)C1CCN(C(=O)/C=C(/c2ccc(Cl)cc2)C(F)(F)F)CC1. The van der Waals surface area contributed by atoms with Crippen LogP contribution in [-0.4, -0.2) is 41.1 Å². The van der Waals surface area contributed by atoms with Gasteiger partial charge in [0.1, 0.15) is 0 Å². The Morgan fingerprint density at radius 2 is 1.71 bits per heavy atom. The monoisotopic (exact) mass is 361 g/mol. The van der Waals surface area contributed by atoms with Gasteiger partial charge in [0, 0.05) is 24.2 Å². The summed E-state index contributed by atoms with van der Waals surface area (Å²) in [5.41, 5.74) is -1.20. The van der Waals surface area contributed by atoms with Crippen molar-refractivity contribution in [2.24, 2.45) is 5.92 Å². The highest BCUT2D eigenvalue weighted by Gasteiger charge is 2.36. The normalized spacial score (nSPS) is 17.0. The first-order chi connectivity index (χ1) is 11.2. The second-order valence-corrected chi connectivity index (χ2v) is 5.94. The predicted molar refractivity (Wildman–Crippen MR) is 82.4 cm³/mol. The number of carbonyl (C=O) groups excluding carboxylic acids is 1. The van der Waals surface area contributed by atoms with E-state index in [9.17, 15) is 22.8 Å². The van der Waals surface area contributed by atoms with Gasteiger partial charge in [0.15, 0.2) is 0 Å². The second kappa shape index (κ2) is 7.25. The first kappa shape index (κ1) is 18.3. The average Bonchev–Trinajstić information content (AvgIpc) is 2.52. The van der Waals surface area contributed by atoms with Gasteiger partial charge in [-0.15, -0.1) is 0 Å². The summed E-state index contributed by atoms with van der Waals surface area (Å²) in [7, 11) is 0.